The molecule has 3 unspecified atom stereocenters. The molecular formula is C34H37ClFN3O5. The average Bonchev–Trinajstić information content (AvgIpc) is 3.49. The van der Waals surface area contributed by atoms with Crippen LogP contribution in [0.3, 0.4) is 0 Å². The predicted octanol–water partition coefficient (Wildman–Crippen LogP) is 6.45. The number of benzene rings is 2. The van der Waals surface area contributed by atoms with Gasteiger partial charge in [-0.1, -0.05) is 36.7 Å². The van der Waals surface area contributed by atoms with Gasteiger partial charge < -0.3 is 24.3 Å². The van der Waals surface area contributed by atoms with E-state index in [1.807, 2.05) is 25.1 Å². The van der Waals surface area contributed by atoms with Crippen molar-refractivity contribution in [1.82, 2.24) is 14.5 Å². The van der Waals surface area contributed by atoms with E-state index < -0.39 is 29.1 Å². The van der Waals surface area contributed by atoms with Gasteiger partial charge in [-0.3, -0.25) is 9.69 Å². The lowest BCUT2D eigenvalue weighted by Gasteiger charge is -2.39. The number of para-hydroxylation sites is 1. The second-order valence-electron chi connectivity index (χ2n) is 13.0. The van der Waals surface area contributed by atoms with Crippen LogP contribution in [-0.4, -0.2) is 49.3 Å². The predicted molar refractivity (Wildman–Crippen MR) is 163 cm³/mol. The quantitative estimate of drug-likeness (QED) is 0.313. The molecule has 7 rings (SSSR count). The number of hydrogen-bond donors (Lipinski definition) is 2. The molecule has 232 valence electrons. The molecule has 2 aromatic carbocycles. The summed E-state index contributed by atoms with van der Waals surface area (Å²) >= 11 is 5.98. The first kappa shape index (κ1) is 29.3. The summed E-state index contributed by atoms with van der Waals surface area (Å²) in [5.74, 6) is -1.10. The fourth-order valence-electron chi connectivity index (χ4n) is 7.34. The second kappa shape index (κ2) is 10.9. The van der Waals surface area contributed by atoms with E-state index in [1.165, 1.54) is 6.07 Å². The maximum Gasteiger partial charge on any atom is 0.311 e. The minimum atomic E-state index is -1.29. The van der Waals surface area contributed by atoms with Crippen molar-refractivity contribution in [2.75, 3.05) is 13.1 Å². The van der Waals surface area contributed by atoms with Crippen molar-refractivity contribution in [3.8, 4) is 11.5 Å². The highest BCUT2D eigenvalue weighted by Gasteiger charge is 2.43. The highest BCUT2D eigenvalue weighted by atomic mass is 35.5. The number of nitrogens with zero attached hydrogens (tertiary/aromatic N) is 3. The number of carboxylic acid groups (broad SMARTS) is 1. The van der Waals surface area contributed by atoms with E-state index in [0.717, 1.165) is 68.0 Å². The van der Waals surface area contributed by atoms with Gasteiger partial charge in [0.15, 0.2) is 11.5 Å². The van der Waals surface area contributed by atoms with Crippen molar-refractivity contribution in [2.45, 2.75) is 82.3 Å². The van der Waals surface area contributed by atoms with Gasteiger partial charge in [-0.2, -0.15) is 0 Å². The maximum atomic E-state index is 14.8. The van der Waals surface area contributed by atoms with Gasteiger partial charge in [0, 0.05) is 29.1 Å². The molecule has 10 heteroatoms. The lowest BCUT2D eigenvalue weighted by molar-refractivity contribution is -0.140. The summed E-state index contributed by atoms with van der Waals surface area (Å²) in [6, 6.07) is 10.4. The van der Waals surface area contributed by atoms with Gasteiger partial charge >= 0.3 is 5.97 Å². The maximum absolute atomic E-state index is 14.8. The topological polar surface area (TPSA) is 97.0 Å². The number of halogens is 2. The van der Waals surface area contributed by atoms with Crippen LogP contribution in [0.15, 0.2) is 42.5 Å². The molecule has 3 aromatic rings. The van der Waals surface area contributed by atoms with Crippen molar-refractivity contribution in [1.29, 1.82) is 0 Å². The van der Waals surface area contributed by atoms with Gasteiger partial charge in [-0.15, -0.1) is 0 Å². The Bertz CT molecular complexity index is 1640. The molecule has 0 amide bonds. The largest absolute Gasteiger partial charge is 0.481 e. The van der Waals surface area contributed by atoms with Gasteiger partial charge in [-0.25, -0.2) is 9.37 Å². The molecule has 1 aromatic heterocycles. The molecule has 2 N–H and O–H groups in total. The number of likely N-dealkylation sites (tertiary alicyclic amines) is 1. The Labute approximate surface area is 261 Å². The van der Waals surface area contributed by atoms with Gasteiger partial charge in [-0.05, 0) is 81.5 Å². The molecule has 3 atom stereocenters. The first-order valence-corrected chi connectivity index (χ1v) is 15.8. The van der Waals surface area contributed by atoms with E-state index in [4.69, 9.17) is 26.1 Å². The molecule has 44 heavy (non-hydrogen) atoms. The molecule has 1 saturated carbocycles. The highest BCUT2D eigenvalue weighted by Crippen LogP contribution is 2.50. The smallest absolute Gasteiger partial charge is 0.311 e. The van der Waals surface area contributed by atoms with Crippen molar-refractivity contribution in [3.05, 3.63) is 81.7 Å². The summed E-state index contributed by atoms with van der Waals surface area (Å²) in [4.78, 5) is 19.3. The zero-order valence-corrected chi connectivity index (χ0v) is 25.7. The van der Waals surface area contributed by atoms with Crippen LogP contribution >= 0.6 is 11.6 Å². The van der Waals surface area contributed by atoms with E-state index in [9.17, 15) is 19.4 Å². The number of aliphatic carboxylic acids is 1. The van der Waals surface area contributed by atoms with E-state index in [2.05, 4.69) is 15.5 Å². The van der Waals surface area contributed by atoms with Crippen LogP contribution in [0.1, 0.15) is 86.1 Å². The first-order valence-electron chi connectivity index (χ1n) is 15.4. The van der Waals surface area contributed by atoms with Crippen LogP contribution in [-0.2, 0) is 23.7 Å². The number of aromatic nitrogens is 2. The normalized spacial score (nSPS) is 25.9. The number of carbonyl (C=O) groups is 1. The van der Waals surface area contributed by atoms with Crippen molar-refractivity contribution >= 4 is 23.6 Å². The van der Waals surface area contributed by atoms with Gasteiger partial charge in [0.2, 0.25) is 0 Å². The Balaban J connectivity index is 1.08. The molecule has 1 saturated heterocycles. The third-order valence-corrected chi connectivity index (χ3v) is 10.2. The van der Waals surface area contributed by atoms with Crippen LogP contribution < -0.4 is 9.47 Å². The molecule has 0 spiro atoms. The zero-order valence-electron chi connectivity index (χ0n) is 24.9. The van der Waals surface area contributed by atoms with E-state index >= 15 is 0 Å². The molecule has 2 aliphatic heterocycles. The number of piperidine rings is 1. The summed E-state index contributed by atoms with van der Waals surface area (Å²) < 4.78 is 29.5. The second-order valence-corrected chi connectivity index (χ2v) is 13.4. The third kappa shape index (κ3) is 5.08. The Morgan fingerprint density at radius 3 is 2.64 bits per heavy atom. The molecule has 0 radical (unpaired) electrons. The minimum Gasteiger partial charge on any atom is -0.481 e. The lowest BCUT2D eigenvalue weighted by atomic mass is 9.79. The fraction of sp³-hybridized carbons (Fsp3) is 0.471. The summed E-state index contributed by atoms with van der Waals surface area (Å²) in [5.41, 5.74) is 2.29. The Hall–Kier alpha value is -3.40. The van der Waals surface area contributed by atoms with Crippen molar-refractivity contribution < 1.29 is 28.9 Å². The van der Waals surface area contributed by atoms with Crippen LogP contribution in [0.2, 0.25) is 5.02 Å². The summed E-state index contributed by atoms with van der Waals surface area (Å²) in [5, 5.41) is 21.2. The van der Waals surface area contributed by atoms with Gasteiger partial charge in [0.05, 0.1) is 35.9 Å². The molecule has 8 nitrogen and oxygen atoms in total. The third-order valence-electron chi connectivity index (χ3n) is 9.99. The van der Waals surface area contributed by atoms with Crippen molar-refractivity contribution in [3.63, 3.8) is 0 Å². The summed E-state index contributed by atoms with van der Waals surface area (Å²) in [6.45, 7) is 6.39. The summed E-state index contributed by atoms with van der Waals surface area (Å²) in [7, 11) is 0. The molecule has 2 aliphatic carbocycles. The van der Waals surface area contributed by atoms with Crippen LogP contribution in [0.4, 0.5) is 4.39 Å². The minimum absolute atomic E-state index is 0.238. The first-order chi connectivity index (χ1) is 21.0. The molecule has 3 heterocycles. The van der Waals surface area contributed by atoms with Gasteiger partial charge in [0.25, 0.3) is 5.79 Å². The number of aliphatic hydroxyl groups is 1. The average molecular weight is 622 g/mol. The standard InChI is InChI=1S/C34H37ClFN3O5/c1-20-23(32(40)41)8-10-27-30(20)39(19-34(42)13-4-14-34)29(37-27)18-38-15-11-21(12-16-38)24-5-3-6-28-31(24)44-33(2,43-28)25-9-7-22(35)17-26(25)36/h3,5-10,17,20-21,23,42H,4,11-16,18-19H2,1-2H3,(H,40,41). The highest BCUT2D eigenvalue weighted by molar-refractivity contribution is 6.30. The van der Waals surface area contributed by atoms with E-state index in [-0.39, 0.29) is 11.8 Å². The number of imidazole rings is 1. The van der Waals surface area contributed by atoms with E-state index in [1.54, 1.807) is 25.1 Å². The number of carboxylic acids is 1. The SMILES string of the molecule is CC1c2c(nc(CN3CCC(c4cccc5c4OC(C)(c4ccc(Cl)cc4F)O5)CC3)n2CC2(O)CCC2)C=CC1C(=O)O. The van der Waals surface area contributed by atoms with Crippen LogP contribution in [0.5, 0.6) is 11.5 Å². The number of hydrogen-bond acceptors (Lipinski definition) is 6. The Morgan fingerprint density at radius 2 is 1.95 bits per heavy atom. The van der Waals surface area contributed by atoms with Crippen LogP contribution in [0, 0.1) is 11.7 Å². The molecule has 0 bridgehead atoms. The zero-order chi connectivity index (χ0) is 30.8. The molecule has 2 fully saturated rings. The monoisotopic (exact) mass is 621 g/mol. The summed E-state index contributed by atoms with van der Waals surface area (Å²) in [6.07, 6.45) is 7.84. The molecular weight excluding hydrogens is 585 g/mol. The lowest BCUT2D eigenvalue weighted by Crippen LogP contribution is -2.43. The van der Waals surface area contributed by atoms with Crippen molar-refractivity contribution in [2.24, 2.45) is 5.92 Å². The fourth-order valence-corrected chi connectivity index (χ4v) is 7.50. The van der Waals surface area contributed by atoms with Gasteiger partial charge in [0.1, 0.15) is 11.6 Å². The molecule has 4 aliphatic rings. The van der Waals surface area contributed by atoms with Crippen LogP contribution in [0.25, 0.3) is 6.08 Å². The number of rotatable bonds is 7. The van der Waals surface area contributed by atoms with E-state index in [0.29, 0.717) is 35.2 Å². The Kier molecular flexibility index (Phi) is 7.26. The number of ether oxygens (including phenoxy) is 2. The Morgan fingerprint density at radius 1 is 1.18 bits per heavy atom. The number of fused-ring (bicyclic) bond motifs is 2.